The van der Waals surface area contributed by atoms with E-state index in [1.54, 1.807) is 24.1 Å². The lowest BCUT2D eigenvalue weighted by molar-refractivity contribution is -0.132. The highest BCUT2D eigenvalue weighted by molar-refractivity contribution is 5.76. The maximum Gasteiger partial charge on any atom is 0.246 e. The van der Waals surface area contributed by atoms with Crippen LogP contribution < -0.4 is 0 Å². The molecule has 1 aromatic heterocycles. The van der Waals surface area contributed by atoms with Gasteiger partial charge in [-0.25, -0.2) is 4.39 Å². The van der Waals surface area contributed by atoms with Crippen LogP contribution in [0, 0.1) is 5.82 Å². The molecule has 0 saturated heterocycles. The fourth-order valence-corrected chi connectivity index (χ4v) is 2.43. The molecule has 6 nitrogen and oxygen atoms in total. The Morgan fingerprint density at radius 3 is 2.52 bits per heavy atom. The Balaban J connectivity index is 1.68. The Hall–Kier alpha value is -3.09. The number of carbonyl (C=O) groups excluding carboxylic acids is 1. The highest BCUT2D eigenvalue weighted by Crippen LogP contribution is 2.18. The zero-order valence-electron chi connectivity index (χ0n) is 14.0. The third kappa shape index (κ3) is 3.88. The van der Waals surface area contributed by atoms with E-state index in [1.807, 2.05) is 37.3 Å². The quantitative estimate of drug-likeness (QED) is 0.717. The van der Waals surface area contributed by atoms with Crippen molar-refractivity contribution < 1.29 is 9.18 Å². The third-order valence-corrected chi connectivity index (χ3v) is 4.09. The van der Waals surface area contributed by atoms with Crippen molar-refractivity contribution in [2.45, 2.75) is 19.5 Å². The Morgan fingerprint density at radius 1 is 1.16 bits per heavy atom. The fourth-order valence-electron chi connectivity index (χ4n) is 2.43. The van der Waals surface area contributed by atoms with Crippen molar-refractivity contribution in [3.05, 3.63) is 66.0 Å². The van der Waals surface area contributed by atoms with Gasteiger partial charge in [0.1, 0.15) is 12.4 Å². The lowest BCUT2D eigenvalue weighted by atomic mass is 10.1. The van der Waals surface area contributed by atoms with E-state index < -0.39 is 0 Å². The number of benzene rings is 2. The SMILES string of the molecule is C[C@@H](c1ccccc1)N(C)C(=O)Cn1nnc(-c2ccc(F)cc2)n1. The van der Waals surface area contributed by atoms with Crippen molar-refractivity contribution in [2.75, 3.05) is 7.05 Å². The van der Waals surface area contributed by atoms with Crippen molar-refractivity contribution in [3.8, 4) is 11.4 Å². The van der Waals surface area contributed by atoms with Gasteiger partial charge in [0.2, 0.25) is 11.7 Å². The zero-order valence-corrected chi connectivity index (χ0v) is 14.0. The first-order chi connectivity index (χ1) is 12.0. The van der Waals surface area contributed by atoms with E-state index in [0.717, 1.165) is 5.56 Å². The molecule has 0 saturated carbocycles. The summed E-state index contributed by atoms with van der Waals surface area (Å²) in [5.74, 6) is -0.103. The van der Waals surface area contributed by atoms with E-state index in [4.69, 9.17) is 0 Å². The summed E-state index contributed by atoms with van der Waals surface area (Å²) in [6.07, 6.45) is 0. The standard InChI is InChI=1S/C18H18FN5O/c1-13(14-6-4-3-5-7-14)23(2)17(25)12-24-21-18(20-22-24)15-8-10-16(19)11-9-15/h3-11,13H,12H2,1-2H3/t13-/m0/s1. The number of hydrogen-bond acceptors (Lipinski definition) is 4. The van der Waals surface area contributed by atoms with Gasteiger partial charge >= 0.3 is 0 Å². The highest BCUT2D eigenvalue weighted by atomic mass is 19.1. The van der Waals surface area contributed by atoms with Gasteiger partial charge in [-0.15, -0.1) is 10.2 Å². The average molecular weight is 339 g/mol. The Bertz CT molecular complexity index is 847. The third-order valence-electron chi connectivity index (χ3n) is 4.09. The van der Waals surface area contributed by atoms with Crippen LogP contribution >= 0.6 is 0 Å². The molecule has 3 aromatic rings. The molecule has 0 aliphatic rings. The fraction of sp³-hybridized carbons (Fsp3) is 0.222. The van der Waals surface area contributed by atoms with E-state index in [9.17, 15) is 9.18 Å². The predicted molar refractivity (Wildman–Crippen MR) is 90.8 cm³/mol. The molecule has 2 aromatic carbocycles. The second-order valence-corrected chi connectivity index (χ2v) is 5.74. The number of aromatic nitrogens is 4. The molecule has 0 fully saturated rings. The maximum atomic E-state index is 13.0. The molecular weight excluding hydrogens is 321 g/mol. The van der Waals surface area contributed by atoms with Gasteiger partial charge in [0.25, 0.3) is 0 Å². The molecule has 3 rings (SSSR count). The van der Waals surface area contributed by atoms with E-state index in [2.05, 4.69) is 15.4 Å². The second kappa shape index (κ2) is 7.21. The van der Waals surface area contributed by atoms with Crippen molar-refractivity contribution in [2.24, 2.45) is 0 Å². The molecule has 0 unspecified atom stereocenters. The van der Waals surface area contributed by atoms with Crippen LogP contribution in [0.2, 0.25) is 0 Å². The highest BCUT2D eigenvalue weighted by Gasteiger charge is 2.19. The molecule has 128 valence electrons. The number of tetrazole rings is 1. The summed E-state index contributed by atoms with van der Waals surface area (Å²) in [6.45, 7) is 1.95. The summed E-state index contributed by atoms with van der Waals surface area (Å²) in [5, 5.41) is 12.0. The van der Waals surface area contributed by atoms with Crippen LogP contribution in [-0.2, 0) is 11.3 Å². The molecule has 0 aliphatic carbocycles. The van der Waals surface area contributed by atoms with Gasteiger partial charge in [0.15, 0.2) is 0 Å². The zero-order chi connectivity index (χ0) is 17.8. The summed E-state index contributed by atoms with van der Waals surface area (Å²) in [5.41, 5.74) is 1.70. The summed E-state index contributed by atoms with van der Waals surface area (Å²) in [7, 11) is 1.75. The molecule has 0 bridgehead atoms. The van der Waals surface area contributed by atoms with Crippen LogP contribution in [0.25, 0.3) is 11.4 Å². The van der Waals surface area contributed by atoms with Crippen LogP contribution in [-0.4, -0.2) is 38.1 Å². The number of nitrogens with zero attached hydrogens (tertiary/aromatic N) is 5. The Kier molecular flexibility index (Phi) is 4.83. The molecule has 1 heterocycles. The largest absolute Gasteiger partial charge is 0.337 e. The van der Waals surface area contributed by atoms with Crippen LogP contribution in [0.3, 0.4) is 0 Å². The topological polar surface area (TPSA) is 63.9 Å². The monoisotopic (exact) mass is 339 g/mol. The molecular formula is C18H18FN5O. The molecule has 0 radical (unpaired) electrons. The number of hydrogen-bond donors (Lipinski definition) is 0. The first-order valence-electron chi connectivity index (χ1n) is 7.89. The van der Waals surface area contributed by atoms with E-state index >= 15 is 0 Å². The van der Waals surface area contributed by atoms with Crippen LogP contribution in [0.1, 0.15) is 18.5 Å². The van der Waals surface area contributed by atoms with E-state index in [0.29, 0.717) is 11.4 Å². The molecule has 25 heavy (non-hydrogen) atoms. The first kappa shape index (κ1) is 16.8. The van der Waals surface area contributed by atoms with Gasteiger partial charge in [0, 0.05) is 12.6 Å². The van der Waals surface area contributed by atoms with Gasteiger partial charge in [-0.3, -0.25) is 4.79 Å². The van der Waals surface area contributed by atoms with Crippen molar-refractivity contribution in [3.63, 3.8) is 0 Å². The molecule has 7 heteroatoms. The van der Waals surface area contributed by atoms with Crippen molar-refractivity contribution in [1.29, 1.82) is 0 Å². The first-order valence-corrected chi connectivity index (χ1v) is 7.89. The van der Waals surface area contributed by atoms with Crippen LogP contribution in [0.4, 0.5) is 4.39 Å². The number of halogens is 1. The molecule has 0 aliphatic heterocycles. The lowest BCUT2D eigenvalue weighted by Crippen LogP contribution is -2.33. The van der Waals surface area contributed by atoms with Gasteiger partial charge in [-0.1, -0.05) is 30.3 Å². The number of carbonyl (C=O) groups is 1. The van der Waals surface area contributed by atoms with Gasteiger partial charge in [0.05, 0.1) is 6.04 Å². The summed E-state index contributed by atoms with van der Waals surface area (Å²) in [4.78, 5) is 15.4. The summed E-state index contributed by atoms with van der Waals surface area (Å²) < 4.78 is 13.0. The molecule has 1 amide bonds. The Labute approximate surface area is 144 Å². The van der Waals surface area contributed by atoms with Crippen LogP contribution in [0.5, 0.6) is 0 Å². The number of likely N-dealkylation sites (N-methyl/N-ethyl adjacent to an activating group) is 1. The molecule has 1 atom stereocenters. The van der Waals surface area contributed by atoms with Crippen molar-refractivity contribution >= 4 is 5.91 Å². The second-order valence-electron chi connectivity index (χ2n) is 5.74. The minimum atomic E-state index is -0.331. The smallest absolute Gasteiger partial charge is 0.246 e. The van der Waals surface area contributed by atoms with Crippen LogP contribution in [0.15, 0.2) is 54.6 Å². The minimum absolute atomic E-state index is 0.0120. The Morgan fingerprint density at radius 2 is 1.84 bits per heavy atom. The minimum Gasteiger partial charge on any atom is -0.337 e. The van der Waals surface area contributed by atoms with Gasteiger partial charge < -0.3 is 4.90 Å². The lowest BCUT2D eigenvalue weighted by Gasteiger charge is -2.25. The average Bonchev–Trinajstić information content (AvgIpc) is 3.10. The van der Waals surface area contributed by atoms with Crippen molar-refractivity contribution in [1.82, 2.24) is 25.1 Å². The summed E-state index contributed by atoms with van der Waals surface area (Å²) in [6, 6.07) is 15.5. The van der Waals surface area contributed by atoms with E-state index in [-0.39, 0.29) is 24.3 Å². The maximum absolute atomic E-state index is 13.0. The summed E-state index contributed by atoms with van der Waals surface area (Å²) >= 11 is 0. The van der Waals surface area contributed by atoms with Gasteiger partial charge in [-0.2, -0.15) is 4.80 Å². The number of rotatable bonds is 5. The molecule has 0 spiro atoms. The van der Waals surface area contributed by atoms with E-state index in [1.165, 1.54) is 16.9 Å². The normalized spacial score (nSPS) is 12.0. The number of amides is 1. The predicted octanol–water partition coefficient (Wildman–Crippen LogP) is 2.70. The molecule has 0 N–H and O–H groups in total. The van der Waals surface area contributed by atoms with Gasteiger partial charge in [-0.05, 0) is 42.0 Å².